The van der Waals surface area contributed by atoms with E-state index in [-0.39, 0.29) is 10.8 Å². The number of benzene rings is 2. The number of likely N-dealkylation sites (N-methyl/N-ethyl adjacent to an activating group) is 1. The summed E-state index contributed by atoms with van der Waals surface area (Å²) in [4.78, 5) is 23.4. The van der Waals surface area contributed by atoms with Crippen LogP contribution in [0.25, 0.3) is 5.69 Å². The number of amides is 2. The van der Waals surface area contributed by atoms with Crippen LogP contribution in [0.3, 0.4) is 0 Å². The zero-order valence-electron chi connectivity index (χ0n) is 19.4. The number of carbonyl (C=O) groups is 2. The number of nitrogens with one attached hydrogen (secondary N) is 2. The van der Waals surface area contributed by atoms with Gasteiger partial charge in [-0.3, -0.25) is 9.59 Å². The Balaban J connectivity index is 1.63. The number of rotatable bonds is 8. The maximum Gasteiger partial charge on any atom is 0.255 e. The standard InChI is InChI=1S/C24H27N5O4S/c1-17-14-20(18(2)29(17)22-8-6-5-7-9-22)15-25-27-24(31)16-28(4)34(32,33)23-12-10-21(11-13-23)26-19(3)30/h5-15H,16H2,1-4H3,(H,26,30)(H,27,31)/b25-15-. The van der Waals surface area contributed by atoms with Gasteiger partial charge in [-0.05, 0) is 56.3 Å². The van der Waals surface area contributed by atoms with Gasteiger partial charge in [0.2, 0.25) is 15.9 Å². The predicted molar refractivity (Wildman–Crippen MR) is 132 cm³/mol. The number of aromatic nitrogens is 1. The van der Waals surface area contributed by atoms with Crippen LogP contribution in [0.1, 0.15) is 23.9 Å². The van der Waals surface area contributed by atoms with Gasteiger partial charge in [-0.2, -0.15) is 9.41 Å². The largest absolute Gasteiger partial charge is 0.326 e. The molecule has 2 amide bonds. The molecule has 178 valence electrons. The minimum Gasteiger partial charge on any atom is -0.326 e. The molecule has 0 saturated carbocycles. The Morgan fingerprint density at radius 2 is 1.71 bits per heavy atom. The van der Waals surface area contributed by atoms with Crippen molar-refractivity contribution >= 4 is 33.7 Å². The molecule has 2 N–H and O–H groups in total. The summed E-state index contributed by atoms with van der Waals surface area (Å²) in [6.07, 6.45) is 1.54. The fraction of sp³-hybridized carbons (Fsp3) is 0.208. The molecular formula is C24H27N5O4S. The predicted octanol–water partition coefficient (Wildman–Crippen LogP) is 2.82. The first-order valence-electron chi connectivity index (χ1n) is 10.5. The molecule has 0 fully saturated rings. The van der Waals surface area contributed by atoms with E-state index in [1.54, 1.807) is 0 Å². The molecule has 0 bridgehead atoms. The zero-order chi connectivity index (χ0) is 24.9. The highest BCUT2D eigenvalue weighted by Crippen LogP contribution is 2.20. The Bertz CT molecular complexity index is 1310. The highest BCUT2D eigenvalue weighted by atomic mass is 32.2. The van der Waals surface area contributed by atoms with Crippen LogP contribution in [0.4, 0.5) is 5.69 Å². The van der Waals surface area contributed by atoms with E-state index >= 15 is 0 Å². The Hall–Kier alpha value is -3.76. The molecule has 0 aliphatic heterocycles. The average Bonchev–Trinajstić information content (AvgIpc) is 3.07. The number of aryl methyl sites for hydroxylation is 1. The van der Waals surface area contributed by atoms with Gasteiger partial charge in [0.1, 0.15) is 0 Å². The van der Waals surface area contributed by atoms with Crippen molar-refractivity contribution in [2.45, 2.75) is 25.7 Å². The van der Waals surface area contributed by atoms with E-state index in [4.69, 9.17) is 0 Å². The minimum absolute atomic E-state index is 0.00811. The van der Waals surface area contributed by atoms with Crippen LogP contribution >= 0.6 is 0 Å². The lowest BCUT2D eigenvalue weighted by molar-refractivity contribution is -0.121. The van der Waals surface area contributed by atoms with Gasteiger partial charge in [0.25, 0.3) is 5.91 Å². The maximum atomic E-state index is 12.7. The number of hydrazone groups is 1. The van der Waals surface area contributed by atoms with Crippen molar-refractivity contribution in [3.63, 3.8) is 0 Å². The number of anilines is 1. The Kier molecular flexibility index (Phi) is 7.64. The Morgan fingerprint density at radius 1 is 1.06 bits per heavy atom. The smallest absolute Gasteiger partial charge is 0.255 e. The van der Waals surface area contributed by atoms with Gasteiger partial charge >= 0.3 is 0 Å². The number of carbonyl (C=O) groups excluding carboxylic acids is 2. The van der Waals surface area contributed by atoms with Gasteiger partial charge in [-0.25, -0.2) is 13.8 Å². The summed E-state index contributed by atoms with van der Waals surface area (Å²) in [6.45, 7) is 4.90. The number of nitrogens with zero attached hydrogens (tertiary/aromatic N) is 3. The molecule has 0 aliphatic carbocycles. The number of hydrogen-bond donors (Lipinski definition) is 2. The quantitative estimate of drug-likeness (QED) is 0.380. The van der Waals surface area contributed by atoms with Crippen molar-refractivity contribution in [3.8, 4) is 5.69 Å². The first-order valence-corrected chi connectivity index (χ1v) is 11.9. The van der Waals surface area contributed by atoms with Crippen molar-refractivity contribution in [3.05, 3.63) is 77.6 Å². The topological polar surface area (TPSA) is 113 Å². The second-order valence-electron chi connectivity index (χ2n) is 7.76. The SMILES string of the molecule is CC(=O)Nc1ccc(S(=O)(=O)N(C)CC(=O)N/N=C\c2cc(C)n(-c3ccccc3)c2C)cc1. The van der Waals surface area contributed by atoms with Crippen LogP contribution in [0.5, 0.6) is 0 Å². The van der Waals surface area contributed by atoms with Gasteiger partial charge in [-0.15, -0.1) is 0 Å². The first-order chi connectivity index (χ1) is 16.1. The highest BCUT2D eigenvalue weighted by molar-refractivity contribution is 7.89. The van der Waals surface area contributed by atoms with Crippen molar-refractivity contribution in [1.82, 2.24) is 14.3 Å². The van der Waals surface area contributed by atoms with Crippen LogP contribution in [0, 0.1) is 13.8 Å². The molecule has 9 nitrogen and oxygen atoms in total. The molecule has 1 heterocycles. The number of sulfonamides is 1. The molecule has 0 saturated heterocycles. The summed E-state index contributed by atoms with van der Waals surface area (Å²) in [5, 5.41) is 6.57. The zero-order valence-corrected chi connectivity index (χ0v) is 20.3. The summed E-state index contributed by atoms with van der Waals surface area (Å²) in [7, 11) is -2.58. The molecule has 0 radical (unpaired) electrons. The second kappa shape index (κ2) is 10.4. The third-order valence-corrected chi connectivity index (χ3v) is 6.94. The second-order valence-corrected chi connectivity index (χ2v) is 9.80. The number of hydrogen-bond acceptors (Lipinski definition) is 5. The normalized spacial score (nSPS) is 11.7. The van der Waals surface area contributed by atoms with E-state index < -0.39 is 22.5 Å². The molecule has 34 heavy (non-hydrogen) atoms. The van der Waals surface area contributed by atoms with E-state index in [0.717, 1.165) is 26.9 Å². The molecule has 3 aromatic rings. The fourth-order valence-corrected chi connectivity index (χ4v) is 4.61. The molecule has 0 atom stereocenters. The van der Waals surface area contributed by atoms with E-state index in [1.165, 1.54) is 44.5 Å². The summed E-state index contributed by atoms with van der Waals surface area (Å²) < 4.78 is 28.5. The monoisotopic (exact) mass is 481 g/mol. The molecule has 0 unspecified atom stereocenters. The van der Waals surface area contributed by atoms with Crippen molar-refractivity contribution < 1.29 is 18.0 Å². The van der Waals surface area contributed by atoms with Crippen LogP contribution in [-0.2, 0) is 19.6 Å². The molecule has 0 spiro atoms. The van der Waals surface area contributed by atoms with Gasteiger partial charge in [-0.1, -0.05) is 18.2 Å². The van der Waals surface area contributed by atoms with E-state index in [0.29, 0.717) is 5.69 Å². The van der Waals surface area contributed by atoms with Gasteiger partial charge in [0.05, 0.1) is 17.7 Å². The lowest BCUT2D eigenvalue weighted by atomic mass is 10.2. The van der Waals surface area contributed by atoms with Crippen molar-refractivity contribution in [1.29, 1.82) is 0 Å². The lowest BCUT2D eigenvalue weighted by Crippen LogP contribution is -2.36. The molecule has 10 heteroatoms. The van der Waals surface area contributed by atoms with E-state index in [2.05, 4.69) is 20.4 Å². The van der Waals surface area contributed by atoms with Gasteiger partial charge in [0.15, 0.2) is 0 Å². The average molecular weight is 482 g/mol. The first kappa shape index (κ1) is 24.9. The fourth-order valence-electron chi connectivity index (χ4n) is 3.48. The number of para-hydroxylation sites is 1. The van der Waals surface area contributed by atoms with Crippen molar-refractivity contribution in [2.75, 3.05) is 18.9 Å². The molecule has 1 aromatic heterocycles. The maximum absolute atomic E-state index is 12.7. The van der Waals surface area contributed by atoms with E-state index in [1.807, 2.05) is 50.2 Å². The molecule has 3 rings (SSSR count). The Labute approximate surface area is 199 Å². The summed E-state index contributed by atoms with van der Waals surface area (Å²) in [5.41, 5.74) is 6.70. The molecule has 2 aromatic carbocycles. The third kappa shape index (κ3) is 5.77. The lowest BCUT2D eigenvalue weighted by Gasteiger charge is -2.16. The minimum atomic E-state index is -3.89. The Morgan fingerprint density at radius 3 is 2.32 bits per heavy atom. The molecule has 0 aliphatic rings. The van der Waals surface area contributed by atoms with E-state index in [9.17, 15) is 18.0 Å². The summed E-state index contributed by atoms with van der Waals surface area (Å²) in [5.74, 6) is -0.832. The summed E-state index contributed by atoms with van der Waals surface area (Å²) >= 11 is 0. The van der Waals surface area contributed by atoms with Gasteiger partial charge < -0.3 is 9.88 Å². The van der Waals surface area contributed by atoms with Crippen LogP contribution in [-0.4, -0.2) is 48.9 Å². The third-order valence-electron chi connectivity index (χ3n) is 5.13. The highest BCUT2D eigenvalue weighted by Gasteiger charge is 2.23. The molecular weight excluding hydrogens is 454 g/mol. The van der Waals surface area contributed by atoms with Gasteiger partial charge in [0, 0.05) is 42.3 Å². The summed E-state index contributed by atoms with van der Waals surface area (Å²) in [6, 6.07) is 17.6. The van der Waals surface area contributed by atoms with Crippen LogP contribution < -0.4 is 10.7 Å². The van der Waals surface area contributed by atoms with Crippen molar-refractivity contribution in [2.24, 2.45) is 5.10 Å². The van der Waals surface area contributed by atoms with Crippen LogP contribution in [0.2, 0.25) is 0 Å². The van der Waals surface area contributed by atoms with Crippen LogP contribution in [0.15, 0.2) is 70.7 Å².